The largest absolute Gasteiger partial charge is 0.496 e. The molecule has 0 aromatic carbocycles. The first kappa shape index (κ1) is 14.3. The van der Waals surface area contributed by atoms with Gasteiger partial charge in [0.1, 0.15) is 5.75 Å². The van der Waals surface area contributed by atoms with Gasteiger partial charge in [-0.1, -0.05) is 12.8 Å². The number of aryl methyl sites for hydroxylation is 1. The number of pyridine rings is 1. The Morgan fingerprint density at radius 2 is 2.11 bits per heavy atom. The molecule has 1 aromatic heterocycles. The maximum Gasteiger partial charge on any atom is 0.128 e. The molecule has 1 fully saturated rings. The molecular weight excluding hydrogens is 240 g/mol. The lowest BCUT2D eigenvalue weighted by Crippen LogP contribution is -2.41. The molecule has 4 heteroatoms. The number of hydrogen-bond acceptors (Lipinski definition) is 4. The number of hydrogen-bond donors (Lipinski definition) is 2. The maximum atomic E-state index is 9.95. The molecule has 0 amide bonds. The molecule has 4 nitrogen and oxygen atoms in total. The fourth-order valence-corrected chi connectivity index (χ4v) is 2.83. The van der Waals surface area contributed by atoms with Crippen molar-refractivity contribution in [2.45, 2.75) is 58.2 Å². The van der Waals surface area contributed by atoms with Gasteiger partial charge in [0.15, 0.2) is 0 Å². The minimum atomic E-state index is -0.221. The Labute approximate surface area is 115 Å². The topological polar surface area (TPSA) is 54.4 Å². The molecule has 1 aliphatic rings. The molecule has 2 unspecified atom stereocenters. The maximum absolute atomic E-state index is 9.95. The molecule has 1 aliphatic carbocycles. The molecule has 2 rings (SSSR count). The van der Waals surface area contributed by atoms with E-state index in [2.05, 4.69) is 10.3 Å². The average molecular weight is 264 g/mol. The molecule has 1 heterocycles. The van der Waals surface area contributed by atoms with Crippen LogP contribution in [0.5, 0.6) is 5.75 Å². The van der Waals surface area contributed by atoms with E-state index < -0.39 is 0 Å². The quantitative estimate of drug-likeness (QED) is 0.874. The smallest absolute Gasteiger partial charge is 0.128 e. The summed E-state index contributed by atoms with van der Waals surface area (Å²) in [6.45, 7) is 4.72. The summed E-state index contributed by atoms with van der Waals surface area (Å²) in [7, 11) is 1.69. The highest BCUT2D eigenvalue weighted by Gasteiger charge is 2.22. The fourth-order valence-electron chi connectivity index (χ4n) is 2.83. The summed E-state index contributed by atoms with van der Waals surface area (Å²) in [5.74, 6) is 0.913. The van der Waals surface area contributed by atoms with Crippen LogP contribution in [0.2, 0.25) is 0 Å². The van der Waals surface area contributed by atoms with Crippen molar-refractivity contribution in [3.63, 3.8) is 0 Å². The molecule has 2 N–H and O–H groups in total. The normalized spacial score (nSPS) is 23.4. The molecule has 0 bridgehead atoms. The predicted octanol–water partition coefficient (Wildman–Crippen LogP) is 2.10. The third-order valence-corrected chi connectivity index (χ3v) is 4.01. The summed E-state index contributed by atoms with van der Waals surface area (Å²) < 4.78 is 5.41. The van der Waals surface area contributed by atoms with Crippen LogP contribution in [0.25, 0.3) is 0 Å². The molecule has 106 valence electrons. The third kappa shape index (κ3) is 3.25. The molecule has 2 atom stereocenters. The Hall–Kier alpha value is -1.13. The first-order valence-corrected chi connectivity index (χ1v) is 7.04. The van der Waals surface area contributed by atoms with E-state index in [0.29, 0.717) is 6.54 Å². The van der Waals surface area contributed by atoms with Gasteiger partial charge < -0.3 is 15.2 Å². The van der Waals surface area contributed by atoms with Crippen LogP contribution in [0.4, 0.5) is 0 Å². The SMILES string of the molecule is COc1c(C)cnc(CNC2CCCCC2O)c1C. The van der Waals surface area contributed by atoms with Gasteiger partial charge in [0.05, 0.1) is 18.9 Å². The van der Waals surface area contributed by atoms with E-state index in [1.807, 2.05) is 20.0 Å². The monoisotopic (exact) mass is 264 g/mol. The highest BCUT2D eigenvalue weighted by Crippen LogP contribution is 2.24. The molecular formula is C15H24N2O2. The van der Waals surface area contributed by atoms with Crippen molar-refractivity contribution in [1.29, 1.82) is 0 Å². The Balaban J connectivity index is 2.03. The lowest BCUT2D eigenvalue weighted by Gasteiger charge is -2.28. The Bertz CT molecular complexity index is 434. The van der Waals surface area contributed by atoms with Gasteiger partial charge in [0.2, 0.25) is 0 Å². The highest BCUT2D eigenvalue weighted by atomic mass is 16.5. The van der Waals surface area contributed by atoms with Gasteiger partial charge in [-0.25, -0.2) is 0 Å². The Kier molecular flexibility index (Phi) is 4.77. The minimum absolute atomic E-state index is 0.197. The fraction of sp³-hybridized carbons (Fsp3) is 0.667. The van der Waals surface area contributed by atoms with E-state index in [9.17, 15) is 5.11 Å². The molecule has 1 saturated carbocycles. The third-order valence-electron chi connectivity index (χ3n) is 4.01. The van der Waals surface area contributed by atoms with E-state index in [1.165, 1.54) is 6.42 Å². The van der Waals surface area contributed by atoms with E-state index in [0.717, 1.165) is 41.8 Å². The van der Waals surface area contributed by atoms with Crippen molar-refractivity contribution in [3.05, 3.63) is 23.0 Å². The second-order valence-electron chi connectivity index (χ2n) is 5.39. The number of nitrogens with zero attached hydrogens (tertiary/aromatic N) is 1. The predicted molar refractivity (Wildman–Crippen MR) is 75.4 cm³/mol. The van der Waals surface area contributed by atoms with E-state index in [4.69, 9.17) is 4.74 Å². The summed E-state index contributed by atoms with van der Waals surface area (Å²) >= 11 is 0. The zero-order valence-electron chi connectivity index (χ0n) is 12.1. The van der Waals surface area contributed by atoms with Gasteiger partial charge in [-0.05, 0) is 26.7 Å². The average Bonchev–Trinajstić information content (AvgIpc) is 2.40. The lowest BCUT2D eigenvalue weighted by molar-refractivity contribution is 0.0900. The van der Waals surface area contributed by atoms with Crippen molar-refractivity contribution < 1.29 is 9.84 Å². The minimum Gasteiger partial charge on any atom is -0.496 e. The van der Waals surface area contributed by atoms with E-state index in [-0.39, 0.29) is 12.1 Å². The molecule has 1 aromatic rings. The second-order valence-corrected chi connectivity index (χ2v) is 5.39. The van der Waals surface area contributed by atoms with Crippen LogP contribution in [-0.2, 0) is 6.54 Å². The number of methoxy groups -OCH3 is 1. The van der Waals surface area contributed by atoms with Gasteiger partial charge in [0, 0.05) is 29.9 Å². The molecule has 19 heavy (non-hydrogen) atoms. The van der Waals surface area contributed by atoms with Crippen LogP contribution in [0.3, 0.4) is 0 Å². The van der Waals surface area contributed by atoms with Crippen LogP contribution < -0.4 is 10.1 Å². The lowest BCUT2D eigenvalue weighted by atomic mass is 9.92. The summed E-state index contributed by atoms with van der Waals surface area (Å²) in [5, 5.41) is 13.4. The molecule has 0 radical (unpaired) electrons. The van der Waals surface area contributed by atoms with Gasteiger partial charge in [0.25, 0.3) is 0 Å². The molecule has 0 saturated heterocycles. The Morgan fingerprint density at radius 3 is 2.79 bits per heavy atom. The summed E-state index contributed by atoms with van der Waals surface area (Å²) in [5.41, 5.74) is 3.14. The van der Waals surface area contributed by atoms with Gasteiger partial charge in [-0.3, -0.25) is 4.98 Å². The summed E-state index contributed by atoms with van der Waals surface area (Å²) in [6.07, 6.45) is 5.90. The standard InChI is InChI=1S/C15H24N2O2/c1-10-8-16-13(11(2)15(10)19-3)9-17-12-6-4-5-7-14(12)18/h8,12,14,17-18H,4-7,9H2,1-3H3. The summed E-state index contributed by atoms with van der Waals surface area (Å²) in [6, 6.07) is 0.197. The number of nitrogens with one attached hydrogen (secondary N) is 1. The van der Waals surface area contributed by atoms with Crippen LogP contribution in [0.1, 0.15) is 42.5 Å². The Morgan fingerprint density at radius 1 is 1.37 bits per heavy atom. The molecule has 0 spiro atoms. The number of rotatable bonds is 4. The first-order valence-electron chi connectivity index (χ1n) is 7.04. The second kappa shape index (κ2) is 6.35. The zero-order valence-corrected chi connectivity index (χ0v) is 12.1. The van der Waals surface area contributed by atoms with Gasteiger partial charge in [-0.2, -0.15) is 0 Å². The van der Waals surface area contributed by atoms with Crippen LogP contribution in [0.15, 0.2) is 6.20 Å². The van der Waals surface area contributed by atoms with Crippen LogP contribution in [-0.4, -0.2) is 29.3 Å². The van der Waals surface area contributed by atoms with Gasteiger partial charge >= 0.3 is 0 Å². The van der Waals surface area contributed by atoms with Crippen LogP contribution in [0, 0.1) is 13.8 Å². The van der Waals surface area contributed by atoms with E-state index in [1.54, 1.807) is 7.11 Å². The van der Waals surface area contributed by atoms with Gasteiger partial charge in [-0.15, -0.1) is 0 Å². The number of aliphatic hydroxyl groups is 1. The first-order chi connectivity index (χ1) is 9.13. The van der Waals surface area contributed by atoms with Crippen molar-refractivity contribution in [2.24, 2.45) is 0 Å². The zero-order chi connectivity index (χ0) is 13.8. The van der Waals surface area contributed by atoms with Crippen molar-refractivity contribution in [1.82, 2.24) is 10.3 Å². The van der Waals surface area contributed by atoms with Crippen molar-refractivity contribution in [3.8, 4) is 5.75 Å². The van der Waals surface area contributed by atoms with Crippen molar-refractivity contribution >= 4 is 0 Å². The summed E-state index contributed by atoms with van der Waals surface area (Å²) in [4.78, 5) is 4.47. The number of ether oxygens (including phenoxy) is 1. The van der Waals surface area contributed by atoms with Crippen LogP contribution >= 0.6 is 0 Å². The van der Waals surface area contributed by atoms with Crippen molar-refractivity contribution in [2.75, 3.05) is 7.11 Å². The molecule has 0 aliphatic heterocycles. The number of aromatic nitrogens is 1. The highest BCUT2D eigenvalue weighted by molar-refractivity contribution is 5.41. The van der Waals surface area contributed by atoms with E-state index >= 15 is 0 Å². The number of aliphatic hydroxyl groups excluding tert-OH is 1.